The number of ether oxygens (including phenoxy) is 8. The number of halogens is 1. The van der Waals surface area contributed by atoms with Gasteiger partial charge in [-0.05, 0) is 171 Å². The van der Waals surface area contributed by atoms with Crippen molar-refractivity contribution in [2.75, 3.05) is 70.1 Å². The molecule has 2 fully saturated rings. The van der Waals surface area contributed by atoms with Crippen LogP contribution in [0.5, 0.6) is 0 Å². The number of hydrogen-bond acceptors (Lipinski definition) is 28. The Morgan fingerprint density at radius 3 is 0.845 bits per heavy atom. The van der Waals surface area contributed by atoms with Crippen molar-refractivity contribution in [2.45, 2.75) is 179 Å². The molecule has 31 heteroatoms. The zero-order valence-corrected chi connectivity index (χ0v) is 70.9. The Morgan fingerprint density at radius 2 is 0.660 bits per heavy atom. The van der Waals surface area contributed by atoms with Crippen molar-refractivity contribution in [1.82, 2.24) is 0 Å². The third-order valence-corrected chi connectivity index (χ3v) is 14.8. The molecular weight excluding hydrogens is 1410 g/mol. The Balaban J connectivity index is -0.0000000984. The van der Waals surface area contributed by atoms with Crippen LogP contribution >= 0.6 is 11.6 Å². The number of hydrogen-bond donors (Lipinski definition) is 1. The Hall–Kier alpha value is -5.25. The molecule has 0 unspecified atom stereocenters. The summed E-state index contributed by atoms with van der Waals surface area (Å²) in [5, 5.41) is 14.5. The van der Waals surface area contributed by atoms with E-state index in [1.165, 1.54) is 160 Å². The Bertz CT molecular complexity index is 2480. The first-order chi connectivity index (χ1) is 41.7. The van der Waals surface area contributed by atoms with E-state index in [0.717, 1.165) is 27.4 Å². The predicted octanol–water partition coefficient (Wildman–Crippen LogP) is 2.92. The monoisotopic (exact) mass is 1520 g/mol. The number of carbonyl (C=O) groups is 18. The molecule has 0 spiro atoms. The van der Waals surface area contributed by atoms with Crippen LogP contribution in [0.1, 0.15) is 179 Å². The fourth-order valence-corrected chi connectivity index (χ4v) is 7.73. The van der Waals surface area contributed by atoms with Crippen molar-refractivity contribution in [1.29, 1.82) is 0 Å². The van der Waals surface area contributed by atoms with Gasteiger partial charge in [0.05, 0.1) is 70.7 Å². The molecule has 97 heavy (non-hydrogen) atoms. The summed E-state index contributed by atoms with van der Waals surface area (Å²) in [5.41, 5.74) is -12.3. The van der Waals surface area contributed by atoms with E-state index in [9.17, 15) is 86.3 Å². The number of rotatable bonds is 18. The van der Waals surface area contributed by atoms with E-state index in [1.54, 1.807) is 27.7 Å². The van der Waals surface area contributed by atoms with Crippen molar-refractivity contribution < 1.29 is 191 Å². The largest absolute Gasteiger partial charge is 2.00 e. The molecule has 0 amide bonds. The molecule has 0 aromatic rings. The summed E-state index contributed by atoms with van der Waals surface area (Å²) in [4.78, 5) is 204. The van der Waals surface area contributed by atoms with E-state index in [0.29, 0.717) is 0 Å². The quantitative estimate of drug-likeness (QED) is 0.0515. The molecule has 1 saturated carbocycles. The zero-order valence-electron chi connectivity index (χ0n) is 64.1. The number of Topliss-reactive ketones (excluding diaryl/α,β-unsaturated/α-hetero) is 9. The Morgan fingerprint density at radius 1 is 0.443 bits per heavy atom. The standard InChI is InChI=1S/C11H18O5.C11H18O4.C10H15ClO4.C10H14O3.C9H12O4.C7H10O5.C4H10O.CH4O.CH3O.2CH3.Cd.Na/c1-10(2,8(13)15-5)7(12)11(3,4)9(14)16-6;1-7(12)10(2,3)8(13)11(4,5)9(14)15-6;1-9(2,7(11)13)6(12)10(3,4)8(14)15-5;1-9(2)6(11)5-7(12)10(3,4)8(9)13;1-8(2)5(10)9(3,4)7(12)13-6(8)11;1-11-6(9)3-5(8)4-7(10)12-2;1-3-5-4-2;2*1-2;;;;/h1-6H3;1-6H3;1-5H3;5H2,1-4H3;1-4H3;3-4H2,1-2H3;3-4H2,1-2H3;2H,1H3;1H3;2*1H3;;/q;;;;;;;;3*-1;+2;+1. The van der Waals surface area contributed by atoms with Crippen LogP contribution in [-0.4, -0.2) is 180 Å². The minimum absolute atomic E-state index is 0. The number of cyclic esters (lactones) is 2. The van der Waals surface area contributed by atoms with Crippen molar-refractivity contribution in [3.05, 3.63) is 14.9 Å². The average Bonchev–Trinajstić information content (AvgIpc) is 0.788. The van der Waals surface area contributed by atoms with Crippen LogP contribution in [0.25, 0.3) is 0 Å². The molecule has 1 aliphatic heterocycles. The topological polar surface area (TPSA) is 424 Å². The smallest absolute Gasteiger partial charge is 0.857 e. The van der Waals surface area contributed by atoms with Gasteiger partial charge in [-0.3, -0.25) is 86.3 Å². The van der Waals surface area contributed by atoms with Gasteiger partial charge in [0, 0.05) is 20.3 Å². The minimum Gasteiger partial charge on any atom is -0.857 e. The molecule has 0 atom stereocenters. The number of esters is 8. The van der Waals surface area contributed by atoms with Crippen LogP contribution in [0.15, 0.2) is 0 Å². The fraction of sp³-hybridized carbons (Fsp3) is 0.697. The molecule has 1 heterocycles. The molecule has 1 aliphatic carbocycles. The number of aliphatic hydroxyl groups is 1. The average molecular weight is 1520 g/mol. The second-order valence-corrected chi connectivity index (χ2v) is 25.6. The summed E-state index contributed by atoms with van der Waals surface area (Å²) in [6.45, 7) is 36.4. The zero-order chi connectivity index (χ0) is 76.6. The van der Waals surface area contributed by atoms with Crippen LogP contribution in [0.4, 0.5) is 0 Å². The van der Waals surface area contributed by atoms with E-state index < -0.39 is 130 Å². The number of carbonyl (C=O) groups excluding carboxylic acids is 18. The molecule has 0 aromatic carbocycles. The predicted molar refractivity (Wildman–Crippen MR) is 346 cm³/mol. The maximum absolute atomic E-state index is 12.1. The molecule has 2 rings (SSSR count). The normalized spacial score (nSPS) is 14.3. The minimum atomic E-state index is -1.39. The molecule has 2 aliphatic rings. The van der Waals surface area contributed by atoms with Gasteiger partial charge < -0.3 is 63.0 Å². The molecule has 0 radical (unpaired) electrons. The van der Waals surface area contributed by atoms with E-state index in [1.807, 2.05) is 13.8 Å². The van der Waals surface area contributed by atoms with Gasteiger partial charge in [-0.15, -0.1) is 0 Å². The fourth-order valence-electron chi connectivity index (χ4n) is 7.65. The maximum atomic E-state index is 12.1. The van der Waals surface area contributed by atoms with E-state index >= 15 is 0 Å². The van der Waals surface area contributed by atoms with Crippen LogP contribution in [0.3, 0.4) is 0 Å². The Kier molecular flexibility index (Phi) is 58.9. The summed E-state index contributed by atoms with van der Waals surface area (Å²) < 4.78 is 35.9. The maximum Gasteiger partial charge on any atom is 2.00 e. The first kappa shape index (κ1) is 116. The third-order valence-electron chi connectivity index (χ3n) is 14.3. The second-order valence-electron chi connectivity index (χ2n) is 25.2. The third kappa shape index (κ3) is 34.1. The van der Waals surface area contributed by atoms with Crippen molar-refractivity contribution in [3.63, 3.8) is 0 Å². The van der Waals surface area contributed by atoms with E-state index in [4.69, 9.17) is 26.6 Å². The van der Waals surface area contributed by atoms with Crippen LogP contribution < -0.4 is 34.7 Å². The SMILES string of the molecule is CC1(C)C(=O)CC(=O)C(C)(C)C1=O.CC1(C)C(=O)OC(=O)C(C)(C)C1=O.CCOCC.CO.COC(=O)C(C)(C)C(=O)C(C)(C)C(=O)Cl.COC(=O)C(C)(C)C(=O)C(C)(C)C(=O)OC.COC(=O)C(C)(C)C(=O)C(C)(C)C(C)=O.COC(=O)CC(=O)CC(=O)OC.C[O-].[CH3-].[CH3-].[Cd+2].[Na+]. The number of aliphatic hydroxyl groups excluding tert-OH is 1. The summed E-state index contributed by atoms with van der Waals surface area (Å²) in [6, 6.07) is 0. The van der Waals surface area contributed by atoms with Gasteiger partial charge in [0.25, 0.3) is 0 Å². The van der Waals surface area contributed by atoms with E-state index in [-0.39, 0.29) is 120 Å². The number of methoxy groups -OCH3 is 6. The molecule has 0 aromatic heterocycles. The Labute approximate surface area is 621 Å². The molecule has 1 N–H and O–H groups in total. The molecule has 1 saturated heterocycles. The van der Waals surface area contributed by atoms with Crippen molar-refractivity contribution in [3.8, 4) is 0 Å². The van der Waals surface area contributed by atoms with Gasteiger partial charge in [0.15, 0.2) is 46.3 Å². The van der Waals surface area contributed by atoms with Gasteiger partial charge in [-0.1, -0.05) is 0 Å². The van der Waals surface area contributed by atoms with Gasteiger partial charge in [0.1, 0.15) is 51.1 Å². The summed E-state index contributed by atoms with van der Waals surface area (Å²) in [5.74, 6) is -8.92. The first-order valence-electron chi connectivity index (χ1n) is 28.4. The van der Waals surface area contributed by atoms with Gasteiger partial charge in [-0.2, -0.15) is 7.11 Å². The van der Waals surface area contributed by atoms with Gasteiger partial charge in [-0.25, -0.2) is 0 Å². The summed E-state index contributed by atoms with van der Waals surface area (Å²) in [7, 11) is 8.90. The molecular formula is C66H110CdClNaO28. The van der Waals surface area contributed by atoms with Gasteiger partial charge >= 0.3 is 105 Å². The summed E-state index contributed by atoms with van der Waals surface area (Å²) in [6.07, 6.45) is -0.872. The van der Waals surface area contributed by atoms with Crippen LogP contribution in [-0.2, 0) is 151 Å². The van der Waals surface area contributed by atoms with Crippen LogP contribution in [0.2, 0.25) is 0 Å². The van der Waals surface area contributed by atoms with Gasteiger partial charge in [0.2, 0.25) is 5.24 Å². The molecule has 552 valence electrons. The molecule has 28 nitrogen and oxygen atoms in total. The molecule has 0 bridgehead atoms. The van der Waals surface area contributed by atoms with Crippen molar-refractivity contribution >= 4 is 117 Å². The summed E-state index contributed by atoms with van der Waals surface area (Å²) >= 11 is 5.31. The number of ketones is 9. The second kappa shape index (κ2) is 49.3. The van der Waals surface area contributed by atoms with Crippen LogP contribution in [0, 0.1) is 69.0 Å². The van der Waals surface area contributed by atoms with Crippen molar-refractivity contribution in [2.24, 2.45) is 54.1 Å². The van der Waals surface area contributed by atoms with E-state index in [2.05, 4.69) is 33.2 Å². The first-order valence-corrected chi connectivity index (χ1v) is 28.8.